The third-order valence-electron chi connectivity index (χ3n) is 2.46. The monoisotopic (exact) mass is 276 g/mol. The molecule has 0 saturated carbocycles. The van der Waals surface area contributed by atoms with E-state index in [9.17, 15) is 0 Å². The van der Waals surface area contributed by atoms with Crippen molar-refractivity contribution in [1.29, 1.82) is 0 Å². The van der Waals surface area contributed by atoms with Gasteiger partial charge in [0.2, 0.25) is 0 Å². The first kappa shape index (κ1) is 13.3. The van der Waals surface area contributed by atoms with Crippen LogP contribution in [0.4, 0.5) is 0 Å². The number of hydrogen-bond acceptors (Lipinski definition) is 3. The summed E-state index contributed by atoms with van der Waals surface area (Å²) >= 11 is 7.10. The van der Waals surface area contributed by atoms with E-state index in [-0.39, 0.29) is 0 Å². The fraction of sp³-hybridized carbons (Fsp3) is 0.286. The van der Waals surface area contributed by atoms with Gasteiger partial charge < -0.3 is 4.98 Å². The van der Waals surface area contributed by atoms with Gasteiger partial charge in [-0.2, -0.15) is 11.8 Å². The number of benzene rings is 1. The number of H-pyrrole nitrogens is 1. The summed E-state index contributed by atoms with van der Waals surface area (Å²) in [6.07, 6.45) is 1.18. The van der Waals surface area contributed by atoms with E-state index >= 15 is 0 Å². The Bertz CT molecular complexity index is 549. The zero-order chi connectivity index (χ0) is 12.8. The van der Waals surface area contributed by atoms with Gasteiger partial charge in [0.25, 0.3) is 0 Å². The van der Waals surface area contributed by atoms with Crippen molar-refractivity contribution in [3.05, 3.63) is 46.9 Å². The van der Waals surface area contributed by atoms with E-state index in [0.717, 1.165) is 28.6 Å². The van der Waals surface area contributed by atoms with Gasteiger partial charge in [-0.1, -0.05) is 49.5 Å². The summed E-state index contributed by atoms with van der Waals surface area (Å²) in [5.41, 5.74) is 2.19. The third kappa shape index (κ3) is 3.68. The molecule has 0 fully saturated rings. The average molecular weight is 276 g/mol. The number of nitrogens with one attached hydrogen (secondary N) is 1. The van der Waals surface area contributed by atoms with E-state index in [1.54, 1.807) is 0 Å². The van der Waals surface area contributed by atoms with Crippen LogP contribution in [0.2, 0.25) is 0 Å². The third-order valence-corrected chi connectivity index (χ3v) is 3.85. The number of aromatic nitrogens is 2. The van der Waals surface area contributed by atoms with Gasteiger partial charge in [0.1, 0.15) is 10.5 Å². The summed E-state index contributed by atoms with van der Waals surface area (Å²) in [5.74, 6) is 3.00. The Morgan fingerprint density at radius 1 is 1.28 bits per heavy atom. The van der Waals surface area contributed by atoms with E-state index in [0.29, 0.717) is 4.64 Å². The average Bonchev–Trinajstić information content (AvgIpc) is 2.39. The van der Waals surface area contributed by atoms with E-state index in [2.05, 4.69) is 29.0 Å². The Labute approximate surface area is 117 Å². The van der Waals surface area contributed by atoms with Crippen LogP contribution < -0.4 is 0 Å². The number of thioether (sulfide) groups is 1. The van der Waals surface area contributed by atoms with E-state index in [4.69, 9.17) is 12.2 Å². The fourth-order valence-corrected chi connectivity index (χ4v) is 2.65. The van der Waals surface area contributed by atoms with Crippen LogP contribution in [0, 0.1) is 4.64 Å². The lowest BCUT2D eigenvalue weighted by Crippen LogP contribution is -1.96. The maximum atomic E-state index is 5.23. The van der Waals surface area contributed by atoms with Crippen LogP contribution >= 0.6 is 24.0 Å². The summed E-state index contributed by atoms with van der Waals surface area (Å²) in [7, 11) is 0. The molecule has 2 aromatic rings. The van der Waals surface area contributed by atoms with Gasteiger partial charge in [-0.3, -0.25) is 0 Å². The first-order valence-electron chi connectivity index (χ1n) is 6.03. The van der Waals surface area contributed by atoms with Crippen molar-refractivity contribution in [3.63, 3.8) is 0 Å². The summed E-state index contributed by atoms with van der Waals surface area (Å²) in [6, 6.07) is 12.1. The molecule has 1 aromatic heterocycles. The van der Waals surface area contributed by atoms with Crippen LogP contribution in [0.5, 0.6) is 0 Å². The highest BCUT2D eigenvalue weighted by Crippen LogP contribution is 2.18. The maximum Gasteiger partial charge on any atom is 0.130 e. The lowest BCUT2D eigenvalue weighted by Gasteiger charge is -2.05. The molecule has 0 bridgehead atoms. The standard InChI is InChI=1S/C14H16N2S2/c1-2-8-18-10-13-15-12(9-14(17)16-13)11-6-4-3-5-7-11/h3-7,9H,2,8,10H2,1H3,(H,15,16,17). The molecule has 2 rings (SSSR count). The Hall–Kier alpha value is -1.13. The molecule has 1 heterocycles. The molecule has 18 heavy (non-hydrogen) atoms. The van der Waals surface area contributed by atoms with Crippen LogP contribution in [0.3, 0.4) is 0 Å². The zero-order valence-corrected chi connectivity index (χ0v) is 12.0. The normalized spacial score (nSPS) is 10.5. The van der Waals surface area contributed by atoms with Crippen molar-refractivity contribution in [2.75, 3.05) is 5.75 Å². The van der Waals surface area contributed by atoms with Crippen molar-refractivity contribution in [1.82, 2.24) is 9.97 Å². The number of aromatic amines is 1. The van der Waals surface area contributed by atoms with Crippen molar-refractivity contribution in [2.24, 2.45) is 0 Å². The molecule has 2 nitrogen and oxygen atoms in total. The minimum absolute atomic E-state index is 0.653. The first-order chi connectivity index (χ1) is 8.79. The zero-order valence-electron chi connectivity index (χ0n) is 10.3. The molecule has 1 aromatic carbocycles. The molecule has 0 radical (unpaired) electrons. The maximum absolute atomic E-state index is 5.23. The fourth-order valence-electron chi connectivity index (χ4n) is 1.66. The molecule has 0 aliphatic heterocycles. The molecule has 0 aliphatic rings. The van der Waals surface area contributed by atoms with Gasteiger partial charge in [-0.05, 0) is 23.8 Å². The molecule has 4 heteroatoms. The second-order valence-electron chi connectivity index (χ2n) is 4.00. The van der Waals surface area contributed by atoms with Crippen LogP contribution in [-0.4, -0.2) is 15.7 Å². The van der Waals surface area contributed by atoms with Crippen molar-refractivity contribution < 1.29 is 0 Å². The number of hydrogen-bond donors (Lipinski definition) is 1. The summed E-state index contributed by atoms with van der Waals surface area (Å²) in [4.78, 5) is 7.73. The molecule has 94 valence electrons. The quantitative estimate of drug-likeness (QED) is 0.646. The van der Waals surface area contributed by atoms with Crippen LogP contribution in [0.25, 0.3) is 11.3 Å². The van der Waals surface area contributed by atoms with Gasteiger partial charge >= 0.3 is 0 Å². The van der Waals surface area contributed by atoms with Crippen molar-refractivity contribution >= 4 is 24.0 Å². The molecule has 0 amide bonds. The van der Waals surface area contributed by atoms with E-state index < -0.39 is 0 Å². The van der Waals surface area contributed by atoms with Crippen LogP contribution in [0.15, 0.2) is 36.4 Å². The van der Waals surface area contributed by atoms with Gasteiger partial charge in [-0.25, -0.2) is 4.98 Å². The molecule has 0 aliphatic carbocycles. The Morgan fingerprint density at radius 3 is 2.78 bits per heavy atom. The Morgan fingerprint density at radius 2 is 2.06 bits per heavy atom. The van der Waals surface area contributed by atoms with Crippen molar-refractivity contribution in [2.45, 2.75) is 19.1 Å². The van der Waals surface area contributed by atoms with Gasteiger partial charge in [0.15, 0.2) is 0 Å². The molecular weight excluding hydrogens is 260 g/mol. The van der Waals surface area contributed by atoms with Crippen LogP contribution in [0.1, 0.15) is 19.2 Å². The molecule has 1 N–H and O–H groups in total. The summed E-state index contributed by atoms with van der Waals surface area (Å²) < 4.78 is 0.653. The summed E-state index contributed by atoms with van der Waals surface area (Å²) in [5, 5.41) is 0. The Balaban J connectivity index is 2.24. The van der Waals surface area contributed by atoms with Crippen molar-refractivity contribution in [3.8, 4) is 11.3 Å². The lowest BCUT2D eigenvalue weighted by molar-refractivity contribution is 1.02. The highest BCUT2D eigenvalue weighted by molar-refractivity contribution is 7.98. The molecule has 0 saturated heterocycles. The minimum atomic E-state index is 0.653. The molecule has 0 unspecified atom stereocenters. The van der Waals surface area contributed by atoms with E-state index in [1.807, 2.05) is 36.0 Å². The smallest absolute Gasteiger partial charge is 0.130 e. The number of nitrogens with zero attached hydrogens (tertiary/aromatic N) is 1. The molecule has 0 atom stereocenters. The van der Waals surface area contributed by atoms with Gasteiger partial charge in [0, 0.05) is 5.69 Å². The molecule has 0 spiro atoms. The topological polar surface area (TPSA) is 28.7 Å². The largest absolute Gasteiger partial charge is 0.342 e. The highest BCUT2D eigenvalue weighted by atomic mass is 32.2. The summed E-state index contributed by atoms with van der Waals surface area (Å²) in [6.45, 7) is 2.18. The first-order valence-corrected chi connectivity index (χ1v) is 7.59. The van der Waals surface area contributed by atoms with Gasteiger partial charge in [0.05, 0.1) is 5.75 Å². The minimum Gasteiger partial charge on any atom is -0.342 e. The second kappa shape index (κ2) is 6.71. The second-order valence-corrected chi connectivity index (χ2v) is 5.52. The van der Waals surface area contributed by atoms with Crippen LogP contribution in [-0.2, 0) is 5.75 Å². The Kier molecular flexibility index (Phi) is 4.96. The SMILES string of the molecule is CCCSCc1nc(=S)cc(-c2ccccc2)[nH]1. The number of rotatable bonds is 5. The predicted octanol–water partition coefficient (Wildman–Crippen LogP) is 4.45. The lowest BCUT2D eigenvalue weighted by atomic mass is 10.1. The van der Waals surface area contributed by atoms with Gasteiger partial charge in [-0.15, -0.1) is 0 Å². The highest BCUT2D eigenvalue weighted by Gasteiger charge is 2.01. The van der Waals surface area contributed by atoms with E-state index in [1.165, 1.54) is 6.42 Å². The predicted molar refractivity (Wildman–Crippen MR) is 81.3 cm³/mol. The molecular formula is C14H16N2S2.